The standard InChI is InChI=1S/C38H50FN5O6/c1-3-5-6-7-8-9-28(45)41-31-30-32(43-35(39)42-31)44(24-40-30)29-22-27(49-34(47)37-19-13-26(14-20-37)15-21-37)38(4-2,50-29)23-48-33(46)36-16-10-25(11-17-36)12-18-36/h2,24-27,29H,3,5-23H2,1H3,(H,41,42,43,45)/t25?,26?,27-,29+,36?,37?,38+/m0/s1. The summed E-state index contributed by atoms with van der Waals surface area (Å²) >= 11 is 0. The third-order valence-corrected chi connectivity index (χ3v) is 12.7. The summed E-state index contributed by atoms with van der Waals surface area (Å²) in [4.78, 5) is 52.7. The minimum Gasteiger partial charge on any atom is -0.461 e. The molecule has 0 aromatic carbocycles. The molecule has 1 saturated heterocycles. The van der Waals surface area contributed by atoms with Crippen LogP contribution in [-0.2, 0) is 28.6 Å². The van der Waals surface area contributed by atoms with E-state index < -0.39 is 34.8 Å². The molecule has 50 heavy (non-hydrogen) atoms. The zero-order valence-electron chi connectivity index (χ0n) is 29.2. The molecule has 6 aliphatic carbocycles. The second kappa shape index (κ2) is 14.2. The van der Waals surface area contributed by atoms with Crippen molar-refractivity contribution in [3.63, 3.8) is 0 Å². The van der Waals surface area contributed by atoms with Gasteiger partial charge in [0.15, 0.2) is 17.0 Å². The largest absolute Gasteiger partial charge is 0.461 e. The Kier molecular flexibility index (Phi) is 9.90. The molecular weight excluding hydrogens is 641 g/mol. The lowest BCUT2D eigenvalue weighted by Gasteiger charge is -2.45. The molecule has 9 rings (SSSR count). The van der Waals surface area contributed by atoms with E-state index in [1.165, 1.54) is 10.9 Å². The Morgan fingerprint density at radius 2 is 1.58 bits per heavy atom. The van der Waals surface area contributed by atoms with Crippen LogP contribution in [0.5, 0.6) is 0 Å². The van der Waals surface area contributed by atoms with E-state index in [4.69, 9.17) is 20.6 Å². The van der Waals surface area contributed by atoms with Crippen molar-refractivity contribution in [1.29, 1.82) is 0 Å². The van der Waals surface area contributed by atoms with E-state index in [0.717, 1.165) is 109 Å². The Labute approximate surface area is 293 Å². The number of aromatic nitrogens is 4. The van der Waals surface area contributed by atoms with Crippen LogP contribution in [0.2, 0.25) is 0 Å². The van der Waals surface area contributed by atoms with Crippen LogP contribution in [0.25, 0.3) is 11.2 Å². The fourth-order valence-corrected chi connectivity index (χ4v) is 9.31. The molecular formula is C38H50FN5O6. The normalized spacial score (nSPS) is 32.9. The summed E-state index contributed by atoms with van der Waals surface area (Å²) in [5, 5.41) is 2.70. The zero-order valence-corrected chi connectivity index (χ0v) is 29.2. The summed E-state index contributed by atoms with van der Waals surface area (Å²) in [6, 6.07) is 0. The van der Waals surface area contributed by atoms with Gasteiger partial charge in [0.1, 0.15) is 18.9 Å². The van der Waals surface area contributed by atoms with E-state index in [0.29, 0.717) is 11.8 Å². The highest BCUT2D eigenvalue weighted by molar-refractivity contribution is 5.96. The number of anilines is 1. The second-order valence-electron chi connectivity index (χ2n) is 15.7. The highest BCUT2D eigenvalue weighted by Gasteiger charge is 2.56. The molecule has 7 fully saturated rings. The van der Waals surface area contributed by atoms with Crippen LogP contribution >= 0.6 is 0 Å². The van der Waals surface area contributed by atoms with Gasteiger partial charge in [-0.1, -0.05) is 38.5 Å². The van der Waals surface area contributed by atoms with Crippen molar-refractivity contribution in [1.82, 2.24) is 19.5 Å². The topological polar surface area (TPSA) is 135 Å². The lowest BCUT2D eigenvalue weighted by molar-refractivity contribution is -0.184. The first kappa shape index (κ1) is 34.8. The Morgan fingerprint density at radius 3 is 2.20 bits per heavy atom. The van der Waals surface area contributed by atoms with Gasteiger partial charge in [-0.25, -0.2) is 4.98 Å². The average Bonchev–Trinajstić information content (AvgIpc) is 3.73. The van der Waals surface area contributed by atoms with Gasteiger partial charge >= 0.3 is 18.0 Å². The van der Waals surface area contributed by atoms with Crippen LogP contribution < -0.4 is 5.32 Å². The van der Waals surface area contributed by atoms with E-state index in [2.05, 4.69) is 33.1 Å². The van der Waals surface area contributed by atoms with Gasteiger partial charge in [0.25, 0.3) is 0 Å². The first-order valence-electron chi connectivity index (χ1n) is 18.9. The third-order valence-electron chi connectivity index (χ3n) is 12.7. The van der Waals surface area contributed by atoms with E-state index >= 15 is 0 Å². The van der Waals surface area contributed by atoms with E-state index in [1.807, 2.05) is 0 Å². The van der Waals surface area contributed by atoms with Crippen LogP contribution in [0.3, 0.4) is 0 Å². The summed E-state index contributed by atoms with van der Waals surface area (Å²) in [6.07, 6.45) is 20.9. The number of rotatable bonds is 13. The molecule has 1 N–H and O–H groups in total. The number of carbonyl (C=O) groups excluding carboxylic acids is 3. The third kappa shape index (κ3) is 6.62. The summed E-state index contributed by atoms with van der Waals surface area (Å²) in [5.41, 5.74) is -2.36. The summed E-state index contributed by atoms with van der Waals surface area (Å²) in [7, 11) is 0. The van der Waals surface area contributed by atoms with Crippen molar-refractivity contribution in [2.24, 2.45) is 22.7 Å². The number of esters is 2. The van der Waals surface area contributed by atoms with Crippen molar-refractivity contribution in [3.8, 4) is 12.3 Å². The molecule has 0 radical (unpaired) electrons. The highest BCUT2D eigenvalue weighted by Crippen LogP contribution is 2.53. The Morgan fingerprint density at radius 1 is 0.960 bits per heavy atom. The van der Waals surface area contributed by atoms with Gasteiger partial charge < -0.3 is 19.5 Å². The summed E-state index contributed by atoms with van der Waals surface area (Å²) in [5.74, 6) is 3.19. The van der Waals surface area contributed by atoms with E-state index in [-0.39, 0.29) is 54.3 Å². The van der Waals surface area contributed by atoms with E-state index in [1.54, 1.807) is 0 Å². The Balaban J connectivity index is 1.13. The number of fused-ring (bicyclic) bond motifs is 7. The number of nitrogens with zero attached hydrogens (tertiary/aromatic N) is 4. The monoisotopic (exact) mass is 691 g/mol. The minimum absolute atomic E-state index is 0.0311. The molecule has 0 unspecified atom stereocenters. The molecule has 270 valence electrons. The first-order valence-corrected chi connectivity index (χ1v) is 18.9. The number of hydrogen-bond donors (Lipinski definition) is 1. The molecule has 11 nitrogen and oxygen atoms in total. The van der Waals surface area contributed by atoms with Crippen LogP contribution in [0.1, 0.15) is 135 Å². The summed E-state index contributed by atoms with van der Waals surface area (Å²) < 4.78 is 35.3. The second-order valence-corrected chi connectivity index (χ2v) is 15.7. The van der Waals surface area contributed by atoms with Crippen molar-refractivity contribution in [3.05, 3.63) is 12.4 Å². The number of unbranched alkanes of at least 4 members (excludes halogenated alkanes) is 4. The molecule has 12 heteroatoms. The van der Waals surface area contributed by atoms with Gasteiger partial charge in [0, 0.05) is 12.8 Å². The first-order chi connectivity index (χ1) is 24.2. The fourth-order valence-electron chi connectivity index (χ4n) is 9.31. The lowest BCUT2D eigenvalue weighted by atomic mass is 9.61. The quantitative estimate of drug-likeness (QED) is 0.102. The fraction of sp³-hybridized carbons (Fsp3) is 0.737. The molecule has 4 bridgehead atoms. The minimum atomic E-state index is -1.59. The smallest absolute Gasteiger partial charge is 0.312 e. The average molecular weight is 692 g/mol. The number of nitrogens with one attached hydrogen (secondary N) is 1. The zero-order chi connectivity index (χ0) is 34.9. The molecule has 3 atom stereocenters. The van der Waals surface area contributed by atoms with Gasteiger partial charge in [-0.15, -0.1) is 6.42 Å². The molecule has 3 heterocycles. The van der Waals surface area contributed by atoms with Crippen molar-refractivity contribution < 1.29 is 33.0 Å². The van der Waals surface area contributed by atoms with Gasteiger partial charge in [0.05, 0.1) is 17.2 Å². The Hall–Kier alpha value is -3.59. The molecule has 0 spiro atoms. The maximum absolute atomic E-state index is 14.9. The van der Waals surface area contributed by atoms with Gasteiger partial charge in [-0.3, -0.25) is 19.0 Å². The van der Waals surface area contributed by atoms with Gasteiger partial charge in [-0.05, 0) is 95.3 Å². The van der Waals surface area contributed by atoms with Crippen LogP contribution in [-0.4, -0.2) is 55.7 Å². The SMILES string of the molecule is C#C[C@]1(COC(=O)C23CCC(CC2)CC3)O[C@@H](n2cnc3c(NC(=O)CCCCCCC)nc(F)nc32)C[C@@H]1OC(=O)C12CCC(CC1)CC2. The predicted octanol–water partition coefficient (Wildman–Crippen LogP) is 6.95. The maximum Gasteiger partial charge on any atom is 0.312 e. The number of terminal acetylenes is 1. The van der Waals surface area contributed by atoms with Crippen LogP contribution in [0.4, 0.5) is 10.2 Å². The van der Waals surface area contributed by atoms with Gasteiger partial charge in [0.2, 0.25) is 11.5 Å². The molecule has 1 amide bonds. The van der Waals surface area contributed by atoms with Crippen molar-refractivity contribution >= 4 is 34.8 Å². The molecule has 1 aliphatic heterocycles. The van der Waals surface area contributed by atoms with Crippen LogP contribution in [0, 0.1) is 41.1 Å². The molecule has 6 saturated carbocycles. The van der Waals surface area contributed by atoms with E-state index in [9.17, 15) is 18.8 Å². The molecule has 7 aliphatic rings. The molecule has 2 aromatic heterocycles. The lowest BCUT2D eigenvalue weighted by Crippen LogP contribution is -2.50. The summed E-state index contributed by atoms with van der Waals surface area (Å²) in [6.45, 7) is 1.85. The molecule has 2 aromatic rings. The van der Waals surface area contributed by atoms with Crippen LogP contribution in [0.15, 0.2) is 6.33 Å². The number of carbonyl (C=O) groups is 3. The number of imidazole rings is 1. The maximum atomic E-state index is 14.9. The van der Waals surface area contributed by atoms with Crippen molar-refractivity contribution in [2.45, 2.75) is 147 Å². The predicted molar refractivity (Wildman–Crippen MR) is 182 cm³/mol. The van der Waals surface area contributed by atoms with Crippen molar-refractivity contribution in [2.75, 3.05) is 11.9 Å². The number of ether oxygens (including phenoxy) is 3. The van der Waals surface area contributed by atoms with Gasteiger partial charge in [-0.2, -0.15) is 14.4 Å². The number of halogens is 1. The number of amides is 1. The highest BCUT2D eigenvalue weighted by atomic mass is 19.1. The Bertz CT molecular complexity index is 1610. The number of hydrogen-bond acceptors (Lipinski definition) is 9.